The lowest BCUT2D eigenvalue weighted by molar-refractivity contribution is 0.102. The number of aryl methyl sites for hydroxylation is 1. The fourth-order valence-corrected chi connectivity index (χ4v) is 2.19. The quantitative estimate of drug-likeness (QED) is 0.780. The number of benzene rings is 1. The Labute approximate surface area is 126 Å². The fourth-order valence-electron chi connectivity index (χ4n) is 1.50. The molecule has 0 bridgehead atoms. The van der Waals surface area contributed by atoms with E-state index in [0.717, 1.165) is 0 Å². The van der Waals surface area contributed by atoms with Gasteiger partial charge in [-0.3, -0.25) is 4.79 Å². The summed E-state index contributed by atoms with van der Waals surface area (Å²) in [5, 5.41) is 2.70. The van der Waals surface area contributed by atoms with Crippen LogP contribution in [-0.4, -0.2) is 10.9 Å². The third-order valence-corrected chi connectivity index (χ3v) is 3.51. The molecule has 0 aliphatic heterocycles. The summed E-state index contributed by atoms with van der Waals surface area (Å²) in [5.74, 6) is -0.709. The van der Waals surface area contributed by atoms with Crippen LogP contribution in [0.25, 0.3) is 0 Å². The number of carbonyl (C=O) groups is 1. The smallest absolute Gasteiger partial charge is 0.274 e. The molecule has 0 aliphatic carbocycles. The summed E-state index contributed by atoms with van der Waals surface area (Å²) in [7, 11) is 0. The van der Waals surface area contributed by atoms with Crippen LogP contribution in [0.3, 0.4) is 0 Å². The van der Waals surface area contributed by atoms with Crippen molar-refractivity contribution < 1.29 is 9.18 Å². The Morgan fingerprint density at radius 2 is 2.05 bits per heavy atom. The summed E-state index contributed by atoms with van der Waals surface area (Å²) in [5.41, 5.74) is 1.47. The van der Waals surface area contributed by atoms with Crippen LogP contribution in [0.2, 0.25) is 0 Å². The molecule has 0 saturated heterocycles. The largest absolute Gasteiger partial charge is 0.320 e. The van der Waals surface area contributed by atoms with Crippen LogP contribution in [0, 0.1) is 12.7 Å². The van der Waals surface area contributed by atoms with E-state index in [1.807, 2.05) is 0 Å². The first-order valence-corrected chi connectivity index (χ1v) is 6.95. The molecule has 6 heteroatoms. The van der Waals surface area contributed by atoms with Crippen molar-refractivity contribution in [2.45, 2.75) is 6.92 Å². The molecular formula is C13H9Br2FN2O. The number of pyridine rings is 1. The lowest BCUT2D eigenvalue weighted by Gasteiger charge is -2.09. The molecule has 0 saturated carbocycles. The minimum Gasteiger partial charge on any atom is -0.320 e. The number of anilines is 1. The van der Waals surface area contributed by atoms with Crippen molar-refractivity contribution in [3.8, 4) is 0 Å². The topological polar surface area (TPSA) is 42.0 Å². The van der Waals surface area contributed by atoms with Crippen LogP contribution in [0.15, 0.2) is 39.4 Å². The average Bonchev–Trinajstić information content (AvgIpc) is 2.36. The van der Waals surface area contributed by atoms with Gasteiger partial charge in [0.1, 0.15) is 16.1 Å². The summed E-state index contributed by atoms with van der Waals surface area (Å²) >= 11 is 6.29. The van der Waals surface area contributed by atoms with E-state index in [9.17, 15) is 9.18 Å². The van der Waals surface area contributed by atoms with E-state index in [4.69, 9.17) is 0 Å². The predicted octanol–water partition coefficient (Wildman–Crippen LogP) is 4.31. The number of hydrogen-bond acceptors (Lipinski definition) is 2. The van der Waals surface area contributed by atoms with Gasteiger partial charge in [-0.05, 0) is 68.6 Å². The maximum Gasteiger partial charge on any atom is 0.274 e. The number of halogens is 3. The molecule has 0 aliphatic rings. The van der Waals surface area contributed by atoms with Crippen molar-refractivity contribution in [3.05, 3.63) is 56.5 Å². The zero-order chi connectivity index (χ0) is 14.0. The number of carbonyl (C=O) groups excluding carboxylic acids is 1. The Balaban J connectivity index is 2.27. The molecule has 3 nitrogen and oxygen atoms in total. The van der Waals surface area contributed by atoms with Crippen LogP contribution in [0.4, 0.5) is 10.1 Å². The van der Waals surface area contributed by atoms with E-state index in [1.165, 1.54) is 12.1 Å². The maximum absolute atomic E-state index is 13.3. The monoisotopic (exact) mass is 386 g/mol. The fraction of sp³-hybridized carbons (Fsp3) is 0.0769. The highest BCUT2D eigenvalue weighted by molar-refractivity contribution is 9.10. The Hall–Kier alpha value is -1.27. The second kappa shape index (κ2) is 5.79. The van der Waals surface area contributed by atoms with Crippen LogP contribution in [0.5, 0.6) is 0 Å². The number of nitrogens with zero attached hydrogens (tertiary/aromatic N) is 1. The summed E-state index contributed by atoms with van der Waals surface area (Å²) in [4.78, 5) is 16.1. The summed E-state index contributed by atoms with van der Waals surface area (Å²) in [6.07, 6.45) is 0. The Morgan fingerprint density at radius 1 is 1.32 bits per heavy atom. The maximum atomic E-state index is 13.3. The van der Waals surface area contributed by atoms with Gasteiger partial charge in [-0.2, -0.15) is 0 Å². The van der Waals surface area contributed by atoms with Crippen molar-refractivity contribution in [2.75, 3.05) is 5.32 Å². The first-order valence-electron chi connectivity index (χ1n) is 5.37. The molecule has 19 heavy (non-hydrogen) atoms. The van der Waals surface area contributed by atoms with Crippen molar-refractivity contribution in [3.63, 3.8) is 0 Å². The van der Waals surface area contributed by atoms with Gasteiger partial charge < -0.3 is 5.32 Å². The van der Waals surface area contributed by atoms with Crippen LogP contribution < -0.4 is 5.32 Å². The summed E-state index contributed by atoms with van der Waals surface area (Å²) < 4.78 is 14.2. The first kappa shape index (κ1) is 14.1. The molecule has 98 valence electrons. The molecule has 0 radical (unpaired) electrons. The zero-order valence-corrected chi connectivity index (χ0v) is 13.0. The predicted molar refractivity (Wildman–Crippen MR) is 78.7 cm³/mol. The third-order valence-electron chi connectivity index (χ3n) is 2.46. The highest BCUT2D eigenvalue weighted by Gasteiger charge is 2.11. The van der Waals surface area contributed by atoms with Crippen LogP contribution >= 0.6 is 31.9 Å². The molecule has 1 amide bonds. The molecular weight excluding hydrogens is 379 g/mol. The SMILES string of the molecule is Cc1cc(F)c(Br)cc1NC(=O)c1cccc(Br)n1. The van der Waals surface area contributed by atoms with Crippen molar-refractivity contribution in [1.82, 2.24) is 4.98 Å². The van der Waals surface area contributed by atoms with E-state index in [1.54, 1.807) is 25.1 Å². The lowest BCUT2D eigenvalue weighted by atomic mass is 10.2. The van der Waals surface area contributed by atoms with Gasteiger partial charge in [0.2, 0.25) is 0 Å². The number of nitrogens with one attached hydrogen (secondary N) is 1. The molecule has 1 N–H and O–H groups in total. The van der Waals surface area contributed by atoms with Crippen molar-refractivity contribution in [1.29, 1.82) is 0 Å². The Morgan fingerprint density at radius 3 is 2.74 bits per heavy atom. The van der Waals surface area contributed by atoms with Gasteiger partial charge in [0, 0.05) is 5.69 Å². The molecule has 1 heterocycles. The molecule has 1 aromatic carbocycles. The third kappa shape index (κ3) is 3.39. The van der Waals surface area contributed by atoms with Gasteiger partial charge in [0.05, 0.1) is 4.47 Å². The van der Waals surface area contributed by atoms with Gasteiger partial charge >= 0.3 is 0 Å². The van der Waals surface area contributed by atoms with Gasteiger partial charge in [-0.15, -0.1) is 0 Å². The van der Waals surface area contributed by atoms with E-state index < -0.39 is 0 Å². The number of amides is 1. The van der Waals surface area contributed by atoms with Crippen LogP contribution in [-0.2, 0) is 0 Å². The molecule has 1 aromatic heterocycles. The Bertz CT molecular complexity index is 647. The second-order valence-corrected chi connectivity index (χ2v) is 5.55. The number of hydrogen-bond donors (Lipinski definition) is 1. The van der Waals surface area contributed by atoms with E-state index in [0.29, 0.717) is 20.3 Å². The summed E-state index contributed by atoms with van der Waals surface area (Å²) in [6, 6.07) is 7.94. The lowest BCUT2D eigenvalue weighted by Crippen LogP contribution is -2.14. The van der Waals surface area contributed by atoms with E-state index in [-0.39, 0.29) is 17.4 Å². The average molecular weight is 388 g/mol. The van der Waals surface area contributed by atoms with Crippen molar-refractivity contribution in [2.24, 2.45) is 0 Å². The highest BCUT2D eigenvalue weighted by atomic mass is 79.9. The molecule has 0 unspecified atom stereocenters. The minimum atomic E-state index is -0.365. The number of rotatable bonds is 2. The molecule has 0 spiro atoms. The molecule has 0 fully saturated rings. The van der Waals surface area contributed by atoms with E-state index >= 15 is 0 Å². The molecule has 0 atom stereocenters. The second-order valence-electron chi connectivity index (χ2n) is 3.88. The van der Waals surface area contributed by atoms with E-state index in [2.05, 4.69) is 42.2 Å². The first-order chi connectivity index (χ1) is 8.97. The van der Waals surface area contributed by atoms with Gasteiger partial charge in [-0.25, -0.2) is 9.37 Å². The van der Waals surface area contributed by atoms with Gasteiger partial charge in [0.25, 0.3) is 5.91 Å². The normalized spacial score (nSPS) is 10.3. The van der Waals surface area contributed by atoms with Gasteiger partial charge in [-0.1, -0.05) is 6.07 Å². The highest BCUT2D eigenvalue weighted by Crippen LogP contribution is 2.24. The summed E-state index contributed by atoms with van der Waals surface area (Å²) in [6.45, 7) is 1.72. The van der Waals surface area contributed by atoms with Gasteiger partial charge in [0.15, 0.2) is 0 Å². The van der Waals surface area contributed by atoms with Crippen LogP contribution in [0.1, 0.15) is 16.1 Å². The Kier molecular flexibility index (Phi) is 4.31. The standard InChI is InChI=1S/C13H9Br2FN2O/c1-7-5-9(16)8(14)6-11(7)18-13(19)10-3-2-4-12(15)17-10/h2-6H,1H3,(H,18,19). The minimum absolute atomic E-state index is 0.286. The zero-order valence-electron chi connectivity index (χ0n) is 9.88. The number of aromatic nitrogens is 1. The molecule has 2 rings (SSSR count). The molecule has 2 aromatic rings. The van der Waals surface area contributed by atoms with Crippen molar-refractivity contribution >= 4 is 43.5 Å².